The first kappa shape index (κ1) is 36.6. The van der Waals surface area contributed by atoms with E-state index in [1.54, 1.807) is 25.0 Å². The van der Waals surface area contributed by atoms with Crippen molar-refractivity contribution in [1.29, 1.82) is 0 Å². The Balaban J connectivity index is 1.43. The van der Waals surface area contributed by atoms with E-state index in [1.165, 1.54) is 0 Å². The highest BCUT2D eigenvalue weighted by molar-refractivity contribution is 5.97. The standard InChI is InChI=1S/C41H52N2O8/c1-6-49-37-21-36-31-17-27(35(48-5)20-32(31)42-37)14-12-16-40(3,4)25-50-38(46)18-28-13-10-8-7-9-11-15-29-22-41(29,26(2)44)23-34(45)33-19-30(51-36)24-43(33)39(28)47/h11-12,14-15,17,20-21,28-30,33H,6-10,13,16,18-19,22-25H2,1-5H3/b14-12+,15-11-/t28-,29+,30-,33+,41+/m1/s1. The normalized spacial score (nSPS) is 29.8. The molecule has 1 saturated carbocycles. The predicted octanol–water partition coefficient (Wildman–Crippen LogP) is 7.06. The van der Waals surface area contributed by atoms with Crippen LogP contribution in [0.1, 0.15) is 97.5 Å². The summed E-state index contributed by atoms with van der Waals surface area (Å²) in [6.07, 6.45) is 13.3. The van der Waals surface area contributed by atoms with Gasteiger partial charge in [0.25, 0.3) is 0 Å². The number of ether oxygens (including phenoxy) is 4. The number of rotatable bonds is 4. The van der Waals surface area contributed by atoms with E-state index >= 15 is 0 Å². The Bertz CT molecular complexity index is 1730. The van der Waals surface area contributed by atoms with E-state index in [1.807, 2.05) is 45.1 Å². The molecule has 4 heterocycles. The minimum absolute atomic E-state index is 0.00591. The summed E-state index contributed by atoms with van der Waals surface area (Å²) >= 11 is 0. The molecule has 5 bridgehead atoms. The quantitative estimate of drug-likeness (QED) is 0.244. The zero-order valence-corrected chi connectivity index (χ0v) is 30.7. The summed E-state index contributed by atoms with van der Waals surface area (Å²) in [4.78, 5) is 61.6. The van der Waals surface area contributed by atoms with Gasteiger partial charge in [-0.2, -0.15) is 0 Å². The molecule has 3 aliphatic heterocycles. The molecule has 10 nitrogen and oxygen atoms in total. The molecule has 0 N–H and O–H groups in total. The molecular weight excluding hydrogens is 648 g/mol. The molecule has 0 unspecified atom stereocenters. The third kappa shape index (κ3) is 8.15. The lowest BCUT2D eigenvalue weighted by Crippen LogP contribution is -2.45. The van der Waals surface area contributed by atoms with Gasteiger partial charge in [-0.1, -0.05) is 51.0 Å². The predicted molar refractivity (Wildman–Crippen MR) is 194 cm³/mol. The van der Waals surface area contributed by atoms with E-state index in [0.717, 1.165) is 36.6 Å². The third-order valence-corrected chi connectivity index (χ3v) is 11.1. The lowest BCUT2D eigenvalue weighted by molar-refractivity contribution is -0.152. The van der Waals surface area contributed by atoms with Crippen LogP contribution in [-0.4, -0.2) is 72.3 Å². The number of carbonyl (C=O) groups excluding carboxylic acids is 4. The summed E-state index contributed by atoms with van der Waals surface area (Å²) in [5, 5.41) is 0.747. The Labute approximate surface area is 300 Å². The molecule has 0 spiro atoms. The second-order valence-electron chi connectivity index (χ2n) is 15.5. The first-order valence-electron chi connectivity index (χ1n) is 18.6. The van der Waals surface area contributed by atoms with Crippen LogP contribution in [0.2, 0.25) is 0 Å². The Morgan fingerprint density at radius 2 is 1.92 bits per heavy atom. The van der Waals surface area contributed by atoms with Crippen molar-refractivity contribution in [1.82, 2.24) is 9.88 Å². The van der Waals surface area contributed by atoms with Crippen LogP contribution in [0.3, 0.4) is 0 Å². The number of amides is 1. The van der Waals surface area contributed by atoms with Gasteiger partial charge in [-0.15, -0.1) is 0 Å². The summed E-state index contributed by atoms with van der Waals surface area (Å²) in [7, 11) is 1.61. The smallest absolute Gasteiger partial charge is 0.306 e. The number of nitrogens with zero attached hydrogens (tertiary/aromatic N) is 2. The van der Waals surface area contributed by atoms with E-state index in [2.05, 4.69) is 12.2 Å². The fourth-order valence-electron chi connectivity index (χ4n) is 7.94. The van der Waals surface area contributed by atoms with Gasteiger partial charge < -0.3 is 23.8 Å². The summed E-state index contributed by atoms with van der Waals surface area (Å²) in [5.74, 6) is 0.150. The molecule has 1 aliphatic carbocycles. The van der Waals surface area contributed by atoms with Gasteiger partial charge in [0.15, 0.2) is 5.78 Å². The molecule has 0 radical (unpaired) electrons. The van der Waals surface area contributed by atoms with E-state index in [9.17, 15) is 19.2 Å². The number of fused-ring (bicyclic) bond motifs is 4. The largest absolute Gasteiger partial charge is 0.496 e. The number of allylic oxidation sites excluding steroid dienone is 3. The van der Waals surface area contributed by atoms with Crippen LogP contribution < -0.4 is 14.2 Å². The maximum Gasteiger partial charge on any atom is 0.306 e. The number of methoxy groups -OCH3 is 1. The Hall–Kier alpha value is -4.21. The molecule has 51 heavy (non-hydrogen) atoms. The second-order valence-corrected chi connectivity index (χ2v) is 15.5. The van der Waals surface area contributed by atoms with Crippen LogP contribution in [-0.2, 0) is 23.9 Å². The minimum atomic E-state index is -0.785. The van der Waals surface area contributed by atoms with Gasteiger partial charge in [0, 0.05) is 52.7 Å². The van der Waals surface area contributed by atoms with Crippen LogP contribution in [0, 0.1) is 22.7 Å². The SMILES string of the molecule is CCOc1cc2c3cc(c(OC)cc3n1)/C=C/CC(C)(C)COC(=O)C[C@H]1CCCCC/C=C\[C@H]3C[C@@]3(C(C)=O)CC(=O)[C@@H]3C[C@H](CN3C1=O)O2. The lowest BCUT2D eigenvalue weighted by Gasteiger charge is -2.29. The third-order valence-electron chi connectivity index (χ3n) is 11.1. The highest BCUT2D eigenvalue weighted by Crippen LogP contribution is 2.57. The van der Waals surface area contributed by atoms with E-state index in [4.69, 9.17) is 23.9 Å². The molecule has 10 heteroatoms. The first-order chi connectivity index (χ1) is 24.4. The summed E-state index contributed by atoms with van der Waals surface area (Å²) in [6, 6.07) is 4.80. The van der Waals surface area contributed by atoms with Gasteiger partial charge in [0.1, 0.15) is 23.4 Å². The number of benzene rings is 1. The van der Waals surface area contributed by atoms with E-state index in [-0.39, 0.29) is 61.2 Å². The number of ketones is 2. The maximum atomic E-state index is 14.6. The van der Waals surface area contributed by atoms with E-state index in [0.29, 0.717) is 48.8 Å². The summed E-state index contributed by atoms with van der Waals surface area (Å²) in [6.45, 7) is 8.30. The number of aromatic nitrogens is 1. The molecule has 4 aliphatic rings. The van der Waals surface area contributed by atoms with Gasteiger partial charge in [-0.05, 0) is 57.9 Å². The average Bonchev–Trinajstić information content (AvgIpc) is 3.62. The van der Waals surface area contributed by atoms with Gasteiger partial charge >= 0.3 is 5.97 Å². The Morgan fingerprint density at radius 1 is 1.10 bits per heavy atom. The molecular formula is C41H52N2O8. The fraction of sp³-hybridized carbons (Fsp3) is 0.585. The highest BCUT2D eigenvalue weighted by atomic mass is 16.5. The highest BCUT2D eigenvalue weighted by Gasteiger charge is 2.58. The van der Waals surface area contributed by atoms with Crippen molar-refractivity contribution in [3.63, 3.8) is 0 Å². The number of carbonyl (C=O) groups is 4. The summed E-state index contributed by atoms with van der Waals surface area (Å²) < 4.78 is 24.1. The van der Waals surface area contributed by atoms with Gasteiger partial charge in [-0.3, -0.25) is 19.2 Å². The van der Waals surface area contributed by atoms with Crippen molar-refractivity contribution in [2.45, 2.75) is 104 Å². The van der Waals surface area contributed by atoms with Gasteiger partial charge in [0.2, 0.25) is 11.8 Å². The zero-order chi connectivity index (χ0) is 36.3. The van der Waals surface area contributed by atoms with Crippen molar-refractivity contribution in [2.24, 2.45) is 22.7 Å². The topological polar surface area (TPSA) is 121 Å². The number of cyclic esters (lactones) is 1. The van der Waals surface area contributed by atoms with Crippen molar-refractivity contribution in [3.05, 3.63) is 42.0 Å². The average molecular weight is 701 g/mol. The number of pyridine rings is 1. The first-order valence-corrected chi connectivity index (χ1v) is 18.6. The Kier molecular flexibility index (Phi) is 10.9. The lowest BCUT2D eigenvalue weighted by atomic mass is 9.88. The molecule has 2 fully saturated rings. The van der Waals surface area contributed by atoms with Crippen LogP contribution in [0.4, 0.5) is 0 Å². The second kappa shape index (κ2) is 15.2. The molecule has 1 amide bonds. The van der Waals surface area contributed by atoms with E-state index < -0.39 is 29.4 Å². The zero-order valence-electron chi connectivity index (χ0n) is 30.7. The fourth-order valence-corrected chi connectivity index (χ4v) is 7.94. The van der Waals surface area contributed by atoms with Crippen molar-refractivity contribution >= 4 is 40.4 Å². The molecule has 1 aromatic carbocycles. The van der Waals surface area contributed by atoms with Gasteiger partial charge in [0.05, 0.1) is 44.8 Å². The monoisotopic (exact) mass is 700 g/mol. The molecule has 2 aromatic rings. The maximum absolute atomic E-state index is 14.6. The van der Waals surface area contributed by atoms with Crippen molar-refractivity contribution < 1.29 is 38.1 Å². The molecule has 6 rings (SSSR count). The van der Waals surface area contributed by atoms with Crippen molar-refractivity contribution in [2.75, 3.05) is 26.9 Å². The molecule has 1 saturated heterocycles. The summed E-state index contributed by atoms with van der Waals surface area (Å²) in [5.41, 5.74) is 0.351. The van der Waals surface area contributed by atoms with Crippen LogP contribution in [0.5, 0.6) is 17.4 Å². The van der Waals surface area contributed by atoms with Crippen LogP contribution >= 0.6 is 0 Å². The molecule has 5 atom stereocenters. The molecule has 1 aromatic heterocycles. The van der Waals surface area contributed by atoms with Gasteiger partial charge in [-0.25, -0.2) is 4.98 Å². The minimum Gasteiger partial charge on any atom is -0.496 e. The number of hydrogen-bond acceptors (Lipinski definition) is 9. The Morgan fingerprint density at radius 3 is 2.69 bits per heavy atom. The van der Waals surface area contributed by atoms with Crippen LogP contribution in [0.25, 0.3) is 17.0 Å². The van der Waals surface area contributed by atoms with Crippen molar-refractivity contribution in [3.8, 4) is 17.4 Å². The molecule has 274 valence electrons. The van der Waals surface area contributed by atoms with Crippen LogP contribution in [0.15, 0.2) is 36.4 Å². The number of Topliss-reactive ketones (excluding diaryl/α,β-unsaturated/α-hetero) is 2. The number of hydrogen-bond donors (Lipinski definition) is 0. The number of esters is 1.